The molecule has 1 amide bonds. The molecule has 4 rings (SSSR count). The van der Waals surface area contributed by atoms with E-state index >= 15 is 0 Å². The van der Waals surface area contributed by atoms with Crippen molar-refractivity contribution in [1.29, 1.82) is 0 Å². The topological polar surface area (TPSA) is 76.9 Å². The van der Waals surface area contributed by atoms with Crippen molar-refractivity contribution in [2.24, 2.45) is 0 Å². The fourth-order valence-corrected chi connectivity index (χ4v) is 4.06. The second-order valence-corrected chi connectivity index (χ2v) is 7.77. The van der Waals surface area contributed by atoms with Gasteiger partial charge in [0.05, 0.1) is 5.39 Å². The zero-order chi connectivity index (χ0) is 20.4. The summed E-state index contributed by atoms with van der Waals surface area (Å²) in [5.41, 5.74) is 3.22. The number of fused-ring (bicyclic) bond motifs is 2. The third kappa shape index (κ3) is 3.90. The molecule has 1 aliphatic carbocycles. The van der Waals surface area contributed by atoms with Crippen molar-refractivity contribution in [2.45, 2.75) is 51.6 Å². The third-order valence-corrected chi connectivity index (χ3v) is 5.85. The van der Waals surface area contributed by atoms with Crippen LogP contribution >= 0.6 is 11.6 Å². The maximum absolute atomic E-state index is 13.1. The minimum Gasteiger partial charge on any atom is -0.350 e. The number of nitrogens with one attached hydrogen (secondary N) is 1. The number of rotatable bonds is 5. The third-order valence-electron chi connectivity index (χ3n) is 5.49. The maximum atomic E-state index is 13.1. The Morgan fingerprint density at radius 1 is 1.28 bits per heavy atom. The lowest BCUT2D eigenvalue weighted by Crippen LogP contribution is -2.37. The zero-order valence-electron chi connectivity index (χ0n) is 16.3. The van der Waals surface area contributed by atoms with E-state index in [1.165, 1.54) is 10.9 Å². The number of hydrogen-bond donors (Lipinski definition) is 1. The summed E-state index contributed by atoms with van der Waals surface area (Å²) in [6, 6.07) is 8.63. The van der Waals surface area contributed by atoms with E-state index in [1.54, 1.807) is 6.07 Å². The first-order chi connectivity index (χ1) is 14.1. The summed E-state index contributed by atoms with van der Waals surface area (Å²) in [7, 11) is 0. The number of pyridine rings is 1. The lowest BCUT2D eigenvalue weighted by molar-refractivity contribution is -0.124. The highest BCUT2D eigenvalue weighted by atomic mass is 35.5. The van der Waals surface area contributed by atoms with Crippen LogP contribution in [0.4, 0.5) is 0 Å². The van der Waals surface area contributed by atoms with E-state index in [1.807, 2.05) is 31.2 Å². The van der Waals surface area contributed by atoms with Gasteiger partial charge in [-0.05, 0) is 55.4 Å². The van der Waals surface area contributed by atoms with Gasteiger partial charge in [0.15, 0.2) is 5.65 Å². The van der Waals surface area contributed by atoms with Gasteiger partial charge in [0.25, 0.3) is 5.56 Å². The van der Waals surface area contributed by atoms with Gasteiger partial charge in [-0.2, -0.15) is 0 Å². The summed E-state index contributed by atoms with van der Waals surface area (Å²) in [5, 5.41) is 3.96. The fraction of sp³-hybridized carbons (Fsp3) is 0.364. The molecule has 1 aromatic carbocycles. The van der Waals surface area contributed by atoms with E-state index in [4.69, 9.17) is 11.6 Å². The van der Waals surface area contributed by atoms with Gasteiger partial charge in [-0.15, -0.1) is 0 Å². The highest BCUT2D eigenvalue weighted by molar-refractivity contribution is 6.31. The summed E-state index contributed by atoms with van der Waals surface area (Å²) in [6.45, 7) is 2.18. The van der Waals surface area contributed by atoms with E-state index in [0.29, 0.717) is 29.0 Å². The monoisotopic (exact) mass is 410 g/mol. The van der Waals surface area contributed by atoms with Crippen LogP contribution in [0.15, 0.2) is 41.5 Å². The van der Waals surface area contributed by atoms with E-state index in [9.17, 15) is 9.59 Å². The Bertz CT molecular complexity index is 1130. The number of aromatic nitrogens is 3. The Balaban J connectivity index is 1.62. The van der Waals surface area contributed by atoms with Crippen molar-refractivity contribution in [3.8, 4) is 0 Å². The molecule has 0 spiro atoms. The molecule has 1 atom stereocenters. The van der Waals surface area contributed by atoms with Crippen molar-refractivity contribution >= 4 is 28.5 Å². The molecule has 2 heterocycles. The molecule has 0 bridgehead atoms. The number of amides is 1. The maximum Gasteiger partial charge on any atom is 0.263 e. The Morgan fingerprint density at radius 3 is 2.86 bits per heavy atom. The van der Waals surface area contributed by atoms with Crippen molar-refractivity contribution in [3.63, 3.8) is 0 Å². The first-order valence-electron chi connectivity index (χ1n) is 9.99. The Hall–Kier alpha value is -2.73. The van der Waals surface area contributed by atoms with Gasteiger partial charge >= 0.3 is 0 Å². The SMILES string of the molecule is CCC(C(=O)NCc1ccccc1Cl)n1cnc2nc3c(cc2c1=O)CCCC3. The van der Waals surface area contributed by atoms with Gasteiger partial charge in [0.1, 0.15) is 12.4 Å². The lowest BCUT2D eigenvalue weighted by atomic mass is 9.95. The predicted molar refractivity (Wildman–Crippen MR) is 113 cm³/mol. The molecule has 150 valence electrons. The molecule has 29 heavy (non-hydrogen) atoms. The smallest absolute Gasteiger partial charge is 0.263 e. The second-order valence-electron chi connectivity index (χ2n) is 7.36. The molecule has 0 saturated carbocycles. The molecule has 0 radical (unpaired) electrons. The van der Waals surface area contributed by atoms with Gasteiger partial charge in [0.2, 0.25) is 5.91 Å². The lowest BCUT2D eigenvalue weighted by Gasteiger charge is -2.19. The van der Waals surface area contributed by atoms with Crippen molar-refractivity contribution in [3.05, 3.63) is 68.9 Å². The van der Waals surface area contributed by atoms with Crippen molar-refractivity contribution in [1.82, 2.24) is 19.9 Å². The number of carbonyl (C=O) groups excluding carboxylic acids is 1. The fourth-order valence-electron chi connectivity index (χ4n) is 3.86. The average Bonchev–Trinajstić information content (AvgIpc) is 2.74. The summed E-state index contributed by atoms with van der Waals surface area (Å²) in [4.78, 5) is 34.9. The summed E-state index contributed by atoms with van der Waals surface area (Å²) < 4.78 is 1.42. The van der Waals surface area contributed by atoms with Crippen molar-refractivity contribution in [2.75, 3.05) is 0 Å². The van der Waals surface area contributed by atoms with Crippen LogP contribution in [0.25, 0.3) is 11.0 Å². The van der Waals surface area contributed by atoms with Crippen LogP contribution in [0.2, 0.25) is 5.02 Å². The van der Waals surface area contributed by atoms with Gasteiger partial charge in [-0.25, -0.2) is 9.97 Å². The summed E-state index contributed by atoms with van der Waals surface area (Å²) in [5.74, 6) is -0.235. The first kappa shape index (κ1) is 19.6. The van der Waals surface area contributed by atoms with Crippen LogP contribution in [0.1, 0.15) is 49.0 Å². The van der Waals surface area contributed by atoms with E-state index in [2.05, 4.69) is 15.3 Å². The molecule has 1 unspecified atom stereocenters. The molecule has 7 heteroatoms. The van der Waals surface area contributed by atoms with E-state index in [-0.39, 0.29) is 11.5 Å². The largest absolute Gasteiger partial charge is 0.350 e. The molecule has 0 aliphatic heterocycles. The van der Waals surface area contributed by atoms with Crippen LogP contribution in [-0.2, 0) is 24.2 Å². The minimum absolute atomic E-state index is 0.226. The highest BCUT2D eigenvalue weighted by Crippen LogP contribution is 2.22. The van der Waals surface area contributed by atoms with E-state index < -0.39 is 6.04 Å². The molecule has 1 aliphatic rings. The number of aryl methyl sites for hydroxylation is 2. The van der Waals surface area contributed by atoms with Gasteiger partial charge < -0.3 is 5.32 Å². The van der Waals surface area contributed by atoms with Crippen LogP contribution in [0, 0.1) is 0 Å². The van der Waals surface area contributed by atoms with Gasteiger partial charge in [0, 0.05) is 17.3 Å². The molecular weight excluding hydrogens is 388 g/mol. The second kappa shape index (κ2) is 8.33. The molecule has 6 nitrogen and oxygen atoms in total. The summed E-state index contributed by atoms with van der Waals surface area (Å²) >= 11 is 6.16. The number of benzene rings is 1. The average molecular weight is 411 g/mol. The standard InChI is InChI=1S/C22H23ClN4O2/c1-2-19(21(28)24-12-15-8-3-5-9-17(15)23)27-13-25-20-16(22(27)29)11-14-7-4-6-10-18(14)26-20/h3,5,8-9,11,13,19H,2,4,6-7,10,12H2,1H3,(H,24,28). The van der Waals surface area contributed by atoms with Crippen LogP contribution < -0.4 is 10.9 Å². The van der Waals surface area contributed by atoms with Crippen molar-refractivity contribution < 1.29 is 4.79 Å². The molecule has 0 saturated heterocycles. The quantitative estimate of drug-likeness (QED) is 0.697. The highest BCUT2D eigenvalue weighted by Gasteiger charge is 2.22. The molecule has 2 aromatic heterocycles. The predicted octanol–water partition coefficient (Wildman–Crippen LogP) is 3.59. The number of carbonyl (C=O) groups is 1. The number of nitrogens with zero attached hydrogens (tertiary/aromatic N) is 3. The minimum atomic E-state index is -0.641. The Kier molecular flexibility index (Phi) is 5.62. The molecular formula is C22H23ClN4O2. The van der Waals surface area contributed by atoms with Gasteiger partial charge in [-0.1, -0.05) is 36.7 Å². The van der Waals surface area contributed by atoms with E-state index in [0.717, 1.165) is 42.5 Å². The molecule has 0 fully saturated rings. The summed E-state index contributed by atoms with van der Waals surface area (Å²) in [6.07, 6.45) is 6.00. The zero-order valence-corrected chi connectivity index (χ0v) is 17.1. The first-order valence-corrected chi connectivity index (χ1v) is 10.4. The van der Waals surface area contributed by atoms with Gasteiger partial charge in [-0.3, -0.25) is 14.2 Å². The number of halogens is 1. The van der Waals surface area contributed by atoms with Crippen LogP contribution in [0.5, 0.6) is 0 Å². The van der Waals surface area contributed by atoms with Crippen LogP contribution in [-0.4, -0.2) is 20.4 Å². The normalized spacial score (nSPS) is 14.4. The molecule has 1 N–H and O–H groups in total. The Morgan fingerprint density at radius 2 is 2.07 bits per heavy atom. The Labute approximate surface area is 173 Å². The number of hydrogen-bond acceptors (Lipinski definition) is 4. The molecule has 3 aromatic rings. The van der Waals surface area contributed by atoms with Crippen LogP contribution in [0.3, 0.4) is 0 Å².